The van der Waals surface area contributed by atoms with Crippen LogP contribution in [0.4, 0.5) is 4.79 Å². The number of likely N-dealkylation sites (tertiary alicyclic amines) is 1. The number of nitrogens with zero attached hydrogens (tertiary/aromatic N) is 2. The molecule has 2 N–H and O–H groups in total. The van der Waals surface area contributed by atoms with Crippen LogP contribution in [-0.4, -0.2) is 70.8 Å². The van der Waals surface area contributed by atoms with Gasteiger partial charge in [0.25, 0.3) is 0 Å². The molecule has 2 amide bonds. The third-order valence-corrected chi connectivity index (χ3v) is 4.16. The SMILES string of the molecule is CN1CCC(NC(=O)N2CSCC2C(=O)O)C1. The summed E-state index contributed by atoms with van der Waals surface area (Å²) in [5, 5.41) is 11.9. The van der Waals surface area contributed by atoms with Crippen molar-refractivity contribution in [3.05, 3.63) is 0 Å². The van der Waals surface area contributed by atoms with E-state index in [1.54, 1.807) is 0 Å². The minimum Gasteiger partial charge on any atom is -0.480 e. The summed E-state index contributed by atoms with van der Waals surface area (Å²) < 4.78 is 0. The summed E-state index contributed by atoms with van der Waals surface area (Å²) in [7, 11) is 2.01. The van der Waals surface area contributed by atoms with Gasteiger partial charge in [0.05, 0.1) is 5.88 Å². The molecule has 6 nitrogen and oxygen atoms in total. The van der Waals surface area contributed by atoms with E-state index in [9.17, 15) is 9.59 Å². The first-order chi connectivity index (χ1) is 8.08. The molecule has 2 aliphatic heterocycles. The lowest BCUT2D eigenvalue weighted by Gasteiger charge is -2.23. The van der Waals surface area contributed by atoms with Gasteiger partial charge in [-0.3, -0.25) is 0 Å². The maximum Gasteiger partial charge on any atom is 0.327 e. The molecule has 17 heavy (non-hydrogen) atoms. The van der Waals surface area contributed by atoms with Gasteiger partial charge in [0.15, 0.2) is 0 Å². The lowest BCUT2D eigenvalue weighted by molar-refractivity contribution is -0.140. The average Bonchev–Trinajstić information content (AvgIpc) is 2.86. The summed E-state index contributed by atoms with van der Waals surface area (Å²) in [6, 6.07) is -0.783. The Morgan fingerprint density at radius 1 is 1.47 bits per heavy atom. The Bertz CT molecular complexity index is 326. The highest BCUT2D eigenvalue weighted by molar-refractivity contribution is 7.99. The Morgan fingerprint density at radius 2 is 2.24 bits per heavy atom. The van der Waals surface area contributed by atoms with E-state index < -0.39 is 12.0 Å². The van der Waals surface area contributed by atoms with Crippen molar-refractivity contribution >= 4 is 23.8 Å². The molecule has 96 valence electrons. The predicted molar refractivity (Wildman–Crippen MR) is 65.0 cm³/mol. The number of aliphatic carboxylic acids is 1. The summed E-state index contributed by atoms with van der Waals surface area (Å²) in [4.78, 5) is 26.5. The normalized spacial score (nSPS) is 29.6. The van der Waals surface area contributed by atoms with Crippen LogP contribution in [0.5, 0.6) is 0 Å². The minimum atomic E-state index is -0.923. The quantitative estimate of drug-likeness (QED) is 0.722. The van der Waals surface area contributed by atoms with Crippen molar-refractivity contribution in [1.29, 1.82) is 0 Å². The summed E-state index contributed by atoms with van der Waals surface area (Å²) in [5.74, 6) is 0.0206. The van der Waals surface area contributed by atoms with Gasteiger partial charge in [0.2, 0.25) is 0 Å². The number of carbonyl (C=O) groups excluding carboxylic acids is 1. The number of rotatable bonds is 2. The van der Waals surface area contributed by atoms with Crippen molar-refractivity contribution in [3.63, 3.8) is 0 Å². The minimum absolute atomic E-state index is 0.146. The molecule has 0 aliphatic carbocycles. The van der Waals surface area contributed by atoms with Crippen molar-refractivity contribution in [2.45, 2.75) is 18.5 Å². The molecule has 2 atom stereocenters. The zero-order chi connectivity index (χ0) is 12.4. The molecule has 2 heterocycles. The molecule has 2 aliphatic rings. The number of hydrogen-bond acceptors (Lipinski definition) is 4. The Morgan fingerprint density at radius 3 is 2.82 bits per heavy atom. The topological polar surface area (TPSA) is 72.9 Å². The summed E-state index contributed by atoms with van der Waals surface area (Å²) in [5.41, 5.74) is 0. The molecule has 0 aromatic rings. The smallest absolute Gasteiger partial charge is 0.327 e. The third-order valence-electron chi connectivity index (χ3n) is 3.15. The largest absolute Gasteiger partial charge is 0.480 e. The molecule has 2 saturated heterocycles. The second-order valence-electron chi connectivity index (χ2n) is 4.52. The molecule has 0 aromatic carbocycles. The Hall–Kier alpha value is -0.950. The maximum absolute atomic E-state index is 11.9. The van der Waals surface area contributed by atoms with Crippen LogP contribution >= 0.6 is 11.8 Å². The fourth-order valence-corrected chi connectivity index (χ4v) is 3.30. The molecular weight excluding hydrogens is 242 g/mol. The van der Waals surface area contributed by atoms with Crippen molar-refractivity contribution < 1.29 is 14.7 Å². The molecule has 0 aromatic heterocycles. The molecule has 7 heteroatoms. The van der Waals surface area contributed by atoms with Gasteiger partial charge in [-0.15, -0.1) is 11.8 Å². The molecule has 0 saturated carbocycles. The molecule has 0 bridgehead atoms. The van der Waals surface area contributed by atoms with Crippen LogP contribution < -0.4 is 5.32 Å². The third kappa shape index (κ3) is 2.84. The highest BCUT2D eigenvalue weighted by atomic mass is 32.2. The predicted octanol–water partition coefficient (Wildman–Crippen LogP) is -0.140. The number of thioether (sulfide) groups is 1. The van der Waals surface area contributed by atoms with Gasteiger partial charge in [-0.1, -0.05) is 0 Å². The summed E-state index contributed by atoms with van der Waals surface area (Å²) >= 11 is 1.48. The second-order valence-corrected chi connectivity index (χ2v) is 5.52. The lowest BCUT2D eigenvalue weighted by Crippen LogP contribution is -2.50. The van der Waals surface area contributed by atoms with Crippen LogP contribution in [0.2, 0.25) is 0 Å². The van der Waals surface area contributed by atoms with E-state index in [4.69, 9.17) is 5.11 Å². The number of carboxylic acid groups (broad SMARTS) is 1. The molecule has 2 unspecified atom stereocenters. The van der Waals surface area contributed by atoms with E-state index >= 15 is 0 Å². The van der Waals surface area contributed by atoms with Crippen LogP contribution in [-0.2, 0) is 4.79 Å². The lowest BCUT2D eigenvalue weighted by atomic mass is 10.2. The van der Waals surface area contributed by atoms with E-state index in [0.717, 1.165) is 19.5 Å². The van der Waals surface area contributed by atoms with Crippen LogP contribution in [0.15, 0.2) is 0 Å². The highest BCUT2D eigenvalue weighted by Gasteiger charge is 2.35. The van der Waals surface area contributed by atoms with Crippen molar-refractivity contribution in [2.75, 3.05) is 31.8 Å². The van der Waals surface area contributed by atoms with E-state index in [-0.39, 0.29) is 12.1 Å². The number of carbonyl (C=O) groups is 2. The number of urea groups is 1. The van der Waals surface area contributed by atoms with Crippen molar-refractivity contribution in [2.24, 2.45) is 0 Å². The Labute approximate surface area is 104 Å². The van der Waals surface area contributed by atoms with E-state index in [2.05, 4.69) is 10.2 Å². The molecule has 2 fully saturated rings. The first kappa shape index (κ1) is 12.5. The summed E-state index contributed by atoms with van der Waals surface area (Å²) in [6.07, 6.45) is 0.932. The van der Waals surface area contributed by atoms with Crippen molar-refractivity contribution in [1.82, 2.24) is 15.1 Å². The van der Waals surface area contributed by atoms with Gasteiger partial charge < -0.3 is 20.2 Å². The van der Waals surface area contributed by atoms with Crippen molar-refractivity contribution in [3.8, 4) is 0 Å². The van der Waals surface area contributed by atoms with Crippen LogP contribution in [0.3, 0.4) is 0 Å². The summed E-state index contributed by atoms with van der Waals surface area (Å²) in [6.45, 7) is 1.81. The first-order valence-corrected chi connectivity index (χ1v) is 6.79. The molecule has 0 spiro atoms. The van der Waals surface area contributed by atoms with Gasteiger partial charge in [0, 0.05) is 18.3 Å². The number of likely N-dealkylation sites (N-methyl/N-ethyl adjacent to an activating group) is 1. The maximum atomic E-state index is 11.9. The first-order valence-electron chi connectivity index (χ1n) is 5.64. The van der Waals surface area contributed by atoms with Crippen LogP contribution in [0, 0.1) is 0 Å². The highest BCUT2D eigenvalue weighted by Crippen LogP contribution is 2.21. The fourth-order valence-electron chi connectivity index (χ4n) is 2.16. The number of nitrogens with one attached hydrogen (secondary N) is 1. The number of amides is 2. The molecule has 0 radical (unpaired) electrons. The standard InChI is InChI=1S/C10H17N3O3S/c1-12-3-2-7(4-12)11-10(16)13-6-17-5-8(13)9(14)15/h7-8H,2-6H2,1H3,(H,11,16)(H,14,15). The van der Waals surface area contributed by atoms with E-state index in [1.807, 2.05) is 7.05 Å². The number of carboxylic acids is 1. The Balaban J connectivity index is 1.89. The number of hydrogen-bond donors (Lipinski definition) is 2. The zero-order valence-corrected chi connectivity index (χ0v) is 10.6. The monoisotopic (exact) mass is 259 g/mol. The van der Waals surface area contributed by atoms with E-state index in [1.165, 1.54) is 16.7 Å². The zero-order valence-electron chi connectivity index (χ0n) is 9.76. The Kier molecular flexibility index (Phi) is 3.78. The van der Waals surface area contributed by atoms with Crippen LogP contribution in [0.1, 0.15) is 6.42 Å². The van der Waals surface area contributed by atoms with Crippen LogP contribution in [0.25, 0.3) is 0 Å². The fraction of sp³-hybridized carbons (Fsp3) is 0.800. The van der Waals surface area contributed by atoms with Gasteiger partial charge in [0.1, 0.15) is 6.04 Å². The van der Waals surface area contributed by atoms with Gasteiger partial charge >= 0.3 is 12.0 Å². The molecular formula is C10H17N3O3S. The molecule has 2 rings (SSSR count). The second kappa shape index (κ2) is 5.14. The van der Waals surface area contributed by atoms with E-state index in [0.29, 0.717) is 11.6 Å². The average molecular weight is 259 g/mol. The van der Waals surface area contributed by atoms with Gasteiger partial charge in [-0.2, -0.15) is 0 Å². The van der Waals surface area contributed by atoms with Gasteiger partial charge in [-0.25, -0.2) is 9.59 Å². The van der Waals surface area contributed by atoms with Gasteiger partial charge in [-0.05, 0) is 20.0 Å².